The summed E-state index contributed by atoms with van der Waals surface area (Å²) >= 11 is 0. The van der Waals surface area contributed by atoms with Crippen LogP contribution < -0.4 is 5.32 Å². The lowest BCUT2D eigenvalue weighted by atomic mass is 10.0. The predicted molar refractivity (Wildman–Crippen MR) is 94.5 cm³/mol. The highest BCUT2D eigenvalue weighted by atomic mass is 16.5. The van der Waals surface area contributed by atoms with Crippen molar-refractivity contribution in [2.45, 2.75) is 19.5 Å². The summed E-state index contributed by atoms with van der Waals surface area (Å²) in [6.07, 6.45) is 0. The van der Waals surface area contributed by atoms with Crippen LogP contribution in [-0.4, -0.2) is 37.7 Å². The van der Waals surface area contributed by atoms with E-state index < -0.39 is 0 Å². The molecule has 0 aliphatic carbocycles. The number of morpholine rings is 1. The van der Waals surface area contributed by atoms with Crippen LogP contribution in [0.1, 0.15) is 22.7 Å². The Hall–Kier alpha value is -1.68. The molecule has 3 nitrogen and oxygen atoms in total. The number of benzene rings is 2. The van der Waals surface area contributed by atoms with Crippen molar-refractivity contribution in [2.24, 2.45) is 0 Å². The van der Waals surface area contributed by atoms with Crippen LogP contribution in [-0.2, 0) is 11.3 Å². The number of rotatable bonds is 6. The van der Waals surface area contributed by atoms with Crippen molar-refractivity contribution >= 4 is 0 Å². The van der Waals surface area contributed by atoms with E-state index in [0.717, 1.165) is 39.4 Å². The summed E-state index contributed by atoms with van der Waals surface area (Å²) in [7, 11) is 0. The summed E-state index contributed by atoms with van der Waals surface area (Å²) in [5.41, 5.74) is 4.07. The van der Waals surface area contributed by atoms with E-state index in [0.29, 0.717) is 6.04 Å². The van der Waals surface area contributed by atoms with Gasteiger partial charge in [0, 0.05) is 32.2 Å². The Bertz CT molecular complexity index is 594. The molecule has 0 spiro atoms. The monoisotopic (exact) mass is 310 g/mol. The van der Waals surface area contributed by atoms with Gasteiger partial charge in [-0.2, -0.15) is 0 Å². The number of aryl methyl sites for hydroxylation is 1. The Morgan fingerprint density at radius 2 is 1.70 bits per heavy atom. The smallest absolute Gasteiger partial charge is 0.0594 e. The molecule has 23 heavy (non-hydrogen) atoms. The summed E-state index contributed by atoms with van der Waals surface area (Å²) in [6, 6.07) is 19.7. The number of nitrogens with zero attached hydrogens (tertiary/aromatic N) is 1. The van der Waals surface area contributed by atoms with Gasteiger partial charge in [-0.25, -0.2) is 0 Å². The van der Waals surface area contributed by atoms with Crippen LogP contribution >= 0.6 is 0 Å². The fourth-order valence-corrected chi connectivity index (χ4v) is 3.06. The first-order valence-electron chi connectivity index (χ1n) is 8.46. The molecule has 2 aromatic carbocycles. The van der Waals surface area contributed by atoms with E-state index >= 15 is 0 Å². The van der Waals surface area contributed by atoms with Crippen LogP contribution in [0.25, 0.3) is 0 Å². The molecule has 1 aliphatic heterocycles. The minimum atomic E-state index is 0.342. The van der Waals surface area contributed by atoms with Crippen LogP contribution in [0.5, 0.6) is 0 Å². The summed E-state index contributed by atoms with van der Waals surface area (Å²) in [4.78, 5) is 2.49. The molecule has 122 valence electrons. The van der Waals surface area contributed by atoms with Gasteiger partial charge in [-0.15, -0.1) is 0 Å². The number of nitrogens with one attached hydrogen (secondary N) is 1. The van der Waals surface area contributed by atoms with Gasteiger partial charge in [0.25, 0.3) is 0 Å². The molecular weight excluding hydrogens is 284 g/mol. The Labute approximate surface area is 139 Å². The Balaban J connectivity index is 1.68. The molecule has 3 heteroatoms. The SMILES string of the molecule is Cc1ccccc1CNC(CN1CCOCC1)c1ccccc1. The maximum atomic E-state index is 5.47. The molecular formula is C20H26N2O. The van der Waals surface area contributed by atoms with E-state index in [1.54, 1.807) is 0 Å². The lowest BCUT2D eigenvalue weighted by Gasteiger charge is -2.31. The van der Waals surface area contributed by atoms with Crippen LogP contribution in [0.2, 0.25) is 0 Å². The molecule has 0 saturated carbocycles. The zero-order chi connectivity index (χ0) is 15.9. The molecule has 1 N–H and O–H groups in total. The molecule has 0 amide bonds. The predicted octanol–water partition coefficient (Wildman–Crippen LogP) is 3.16. The summed E-state index contributed by atoms with van der Waals surface area (Å²) in [5.74, 6) is 0. The molecule has 0 radical (unpaired) electrons. The molecule has 0 bridgehead atoms. The van der Waals surface area contributed by atoms with Gasteiger partial charge in [0.1, 0.15) is 0 Å². The molecule has 1 atom stereocenters. The Kier molecular flexibility index (Phi) is 5.81. The van der Waals surface area contributed by atoms with Crippen molar-refractivity contribution in [3.05, 3.63) is 71.3 Å². The molecule has 1 unspecified atom stereocenters. The van der Waals surface area contributed by atoms with E-state index in [9.17, 15) is 0 Å². The third-order valence-electron chi connectivity index (χ3n) is 4.55. The van der Waals surface area contributed by atoms with Gasteiger partial charge >= 0.3 is 0 Å². The largest absolute Gasteiger partial charge is 0.379 e. The fraction of sp³-hybridized carbons (Fsp3) is 0.400. The molecule has 2 aromatic rings. The molecule has 1 aliphatic rings. The van der Waals surface area contributed by atoms with Gasteiger partial charge in [-0.3, -0.25) is 4.90 Å². The lowest BCUT2D eigenvalue weighted by Crippen LogP contribution is -2.41. The quantitative estimate of drug-likeness (QED) is 0.887. The standard InChI is InChI=1S/C20H26N2O/c1-17-7-5-6-10-19(17)15-21-20(18-8-3-2-4-9-18)16-22-11-13-23-14-12-22/h2-10,20-21H,11-16H2,1H3. The van der Waals surface area contributed by atoms with Crippen LogP contribution in [0, 0.1) is 6.92 Å². The summed E-state index contributed by atoms with van der Waals surface area (Å²) < 4.78 is 5.47. The fourth-order valence-electron chi connectivity index (χ4n) is 3.06. The Morgan fingerprint density at radius 3 is 2.43 bits per heavy atom. The second-order valence-corrected chi connectivity index (χ2v) is 6.18. The highest BCUT2D eigenvalue weighted by Crippen LogP contribution is 2.17. The number of hydrogen-bond donors (Lipinski definition) is 1. The van der Waals surface area contributed by atoms with Gasteiger partial charge in [-0.05, 0) is 23.6 Å². The zero-order valence-electron chi connectivity index (χ0n) is 13.9. The third kappa shape index (κ3) is 4.64. The second-order valence-electron chi connectivity index (χ2n) is 6.18. The number of ether oxygens (including phenoxy) is 1. The van der Waals surface area contributed by atoms with Crippen molar-refractivity contribution in [3.8, 4) is 0 Å². The molecule has 1 saturated heterocycles. The van der Waals surface area contributed by atoms with E-state index in [2.05, 4.69) is 71.7 Å². The molecule has 1 fully saturated rings. The zero-order valence-corrected chi connectivity index (χ0v) is 13.9. The summed E-state index contributed by atoms with van der Waals surface area (Å²) in [5, 5.41) is 3.76. The maximum absolute atomic E-state index is 5.47. The van der Waals surface area contributed by atoms with Gasteiger partial charge < -0.3 is 10.1 Å². The average Bonchev–Trinajstić information content (AvgIpc) is 2.61. The minimum Gasteiger partial charge on any atom is -0.379 e. The van der Waals surface area contributed by atoms with Gasteiger partial charge in [0.2, 0.25) is 0 Å². The van der Waals surface area contributed by atoms with Crippen LogP contribution in [0.4, 0.5) is 0 Å². The lowest BCUT2D eigenvalue weighted by molar-refractivity contribution is 0.0333. The van der Waals surface area contributed by atoms with E-state index in [4.69, 9.17) is 4.74 Å². The second kappa shape index (κ2) is 8.25. The van der Waals surface area contributed by atoms with E-state index in [1.165, 1.54) is 16.7 Å². The van der Waals surface area contributed by atoms with Crippen LogP contribution in [0.15, 0.2) is 54.6 Å². The highest BCUT2D eigenvalue weighted by molar-refractivity contribution is 5.26. The maximum Gasteiger partial charge on any atom is 0.0594 e. The molecule has 1 heterocycles. The van der Waals surface area contributed by atoms with Crippen molar-refractivity contribution in [3.63, 3.8) is 0 Å². The highest BCUT2D eigenvalue weighted by Gasteiger charge is 2.18. The van der Waals surface area contributed by atoms with Crippen molar-refractivity contribution in [1.29, 1.82) is 0 Å². The first-order chi connectivity index (χ1) is 11.3. The molecule has 0 aromatic heterocycles. The van der Waals surface area contributed by atoms with Gasteiger partial charge in [0.15, 0.2) is 0 Å². The van der Waals surface area contributed by atoms with E-state index in [-0.39, 0.29) is 0 Å². The third-order valence-corrected chi connectivity index (χ3v) is 4.55. The van der Waals surface area contributed by atoms with E-state index in [1.807, 2.05) is 0 Å². The molecule has 3 rings (SSSR count). The normalized spacial score (nSPS) is 17.1. The van der Waals surface area contributed by atoms with Crippen molar-refractivity contribution < 1.29 is 4.74 Å². The Morgan fingerprint density at radius 1 is 1.00 bits per heavy atom. The first-order valence-corrected chi connectivity index (χ1v) is 8.46. The van der Waals surface area contributed by atoms with Gasteiger partial charge in [0.05, 0.1) is 13.2 Å². The van der Waals surface area contributed by atoms with Crippen molar-refractivity contribution in [1.82, 2.24) is 10.2 Å². The average molecular weight is 310 g/mol. The van der Waals surface area contributed by atoms with Crippen LogP contribution in [0.3, 0.4) is 0 Å². The first kappa shape index (κ1) is 16.2. The van der Waals surface area contributed by atoms with Crippen molar-refractivity contribution in [2.75, 3.05) is 32.8 Å². The minimum absolute atomic E-state index is 0.342. The summed E-state index contributed by atoms with van der Waals surface area (Å²) in [6.45, 7) is 7.84. The topological polar surface area (TPSA) is 24.5 Å². The number of hydrogen-bond acceptors (Lipinski definition) is 3. The van der Waals surface area contributed by atoms with Gasteiger partial charge in [-0.1, -0.05) is 54.6 Å².